The van der Waals surface area contributed by atoms with Gasteiger partial charge in [0.1, 0.15) is 5.75 Å². The highest BCUT2D eigenvalue weighted by Gasteiger charge is 2.28. The second kappa shape index (κ2) is 11.0. The molecule has 0 bridgehead atoms. The number of hydrogen-bond donors (Lipinski definition) is 1. The average Bonchev–Trinajstić information content (AvgIpc) is 3.22. The molecule has 0 amide bonds. The Hall–Kier alpha value is -2.91. The third-order valence-electron chi connectivity index (χ3n) is 6.25. The second-order valence-corrected chi connectivity index (χ2v) is 10.8. The molecule has 1 N–H and O–H groups in total. The first-order valence-corrected chi connectivity index (χ1v) is 13.6. The Morgan fingerprint density at radius 3 is 2.25 bits per heavy atom. The Labute approximate surface area is 213 Å². The van der Waals surface area contributed by atoms with Gasteiger partial charge in [-0.2, -0.15) is 4.31 Å². The van der Waals surface area contributed by atoms with E-state index in [1.807, 2.05) is 64.1 Å². The fourth-order valence-electron chi connectivity index (χ4n) is 4.45. The average molecular weight is 511 g/mol. The lowest BCUT2D eigenvalue weighted by atomic mass is 10.0. The van der Waals surface area contributed by atoms with E-state index in [4.69, 9.17) is 14.2 Å². The molecule has 192 valence electrons. The zero-order valence-electron chi connectivity index (χ0n) is 21.5. The Kier molecular flexibility index (Phi) is 8.00. The zero-order chi connectivity index (χ0) is 25.9. The van der Waals surface area contributed by atoms with Crippen LogP contribution in [0.25, 0.3) is 21.8 Å². The van der Waals surface area contributed by atoms with E-state index in [1.165, 1.54) is 4.31 Å². The van der Waals surface area contributed by atoms with Crippen LogP contribution < -0.4 is 4.74 Å². The van der Waals surface area contributed by atoms with Gasteiger partial charge >= 0.3 is 0 Å². The molecule has 0 saturated carbocycles. The van der Waals surface area contributed by atoms with Gasteiger partial charge in [0.05, 0.1) is 18.6 Å². The molecule has 1 aromatic heterocycles. The highest BCUT2D eigenvalue weighted by atomic mass is 32.2. The predicted molar refractivity (Wildman–Crippen MR) is 143 cm³/mol. The summed E-state index contributed by atoms with van der Waals surface area (Å²) in [6.07, 6.45) is -0.664. The highest BCUT2D eigenvalue weighted by Crippen LogP contribution is 2.32. The molecule has 8 heteroatoms. The van der Waals surface area contributed by atoms with Gasteiger partial charge < -0.3 is 19.2 Å². The fraction of sp³-hybridized carbons (Fsp3) is 0.357. The maximum atomic E-state index is 13.8. The summed E-state index contributed by atoms with van der Waals surface area (Å²) >= 11 is 0. The number of nitrogens with zero attached hydrogens (tertiary/aromatic N) is 1. The first-order chi connectivity index (χ1) is 17.3. The van der Waals surface area contributed by atoms with E-state index in [0.29, 0.717) is 13.2 Å². The first-order valence-electron chi connectivity index (χ1n) is 12.2. The smallest absolute Gasteiger partial charge is 0.243 e. The second-order valence-electron chi connectivity index (χ2n) is 8.82. The van der Waals surface area contributed by atoms with Crippen molar-refractivity contribution >= 4 is 31.8 Å². The molecule has 0 aliphatic rings. The van der Waals surface area contributed by atoms with Crippen LogP contribution in [0.15, 0.2) is 59.5 Å². The molecule has 1 heterocycles. The molecule has 4 aromatic rings. The summed E-state index contributed by atoms with van der Waals surface area (Å²) in [4.78, 5) is 3.72. The third-order valence-corrected chi connectivity index (χ3v) is 8.07. The number of fused-ring (bicyclic) bond motifs is 3. The highest BCUT2D eigenvalue weighted by molar-refractivity contribution is 7.89. The molecule has 0 spiro atoms. The van der Waals surface area contributed by atoms with Gasteiger partial charge in [-0.3, -0.25) is 0 Å². The minimum atomic E-state index is -3.81. The topological polar surface area (TPSA) is 80.9 Å². The molecule has 36 heavy (non-hydrogen) atoms. The largest absolute Gasteiger partial charge is 0.497 e. The van der Waals surface area contributed by atoms with Gasteiger partial charge in [-0.1, -0.05) is 23.8 Å². The lowest BCUT2D eigenvalue weighted by molar-refractivity contribution is -0.140. The molecule has 0 radical (unpaired) electrons. The van der Waals surface area contributed by atoms with Crippen LogP contribution in [0.5, 0.6) is 5.75 Å². The first kappa shape index (κ1) is 26.2. The summed E-state index contributed by atoms with van der Waals surface area (Å²) in [6, 6.07) is 16.9. The molecule has 7 nitrogen and oxygen atoms in total. The summed E-state index contributed by atoms with van der Waals surface area (Å²) in [5.41, 5.74) is 4.94. The molecule has 0 unspecified atom stereocenters. The molecule has 0 fully saturated rings. The Bertz CT molecular complexity index is 1440. The van der Waals surface area contributed by atoms with Crippen LogP contribution in [0, 0.1) is 13.8 Å². The van der Waals surface area contributed by atoms with Crippen molar-refractivity contribution in [3.8, 4) is 5.75 Å². The van der Waals surface area contributed by atoms with Crippen LogP contribution in [-0.2, 0) is 26.0 Å². The van der Waals surface area contributed by atoms with Crippen LogP contribution in [0.3, 0.4) is 0 Å². The molecule has 0 saturated heterocycles. The number of hydrogen-bond acceptors (Lipinski definition) is 5. The summed E-state index contributed by atoms with van der Waals surface area (Å²) < 4.78 is 45.9. The number of benzene rings is 3. The summed E-state index contributed by atoms with van der Waals surface area (Å²) in [5.74, 6) is 0.770. The Morgan fingerprint density at radius 2 is 1.61 bits per heavy atom. The van der Waals surface area contributed by atoms with Crippen LogP contribution in [0.2, 0.25) is 0 Å². The molecular weight excluding hydrogens is 476 g/mol. The number of nitrogens with one attached hydrogen (secondary N) is 1. The Morgan fingerprint density at radius 1 is 0.917 bits per heavy atom. The van der Waals surface area contributed by atoms with Crippen LogP contribution >= 0.6 is 0 Å². The number of sulfonamides is 1. The number of aryl methyl sites for hydroxylation is 2. The van der Waals surface area contributed by atoms with Gasteiger partial charge in [0, 0.05) is 41.6 Å². The quantitative estimate of drug-likeness (QED) is 0.268. The summed E-state index contributed by atoms with van der Waals surface area (Å²) in [7, 11) is -2.16. The van der Waals surface area contributed by atoms with Crippen molar-refractivity contribution in [3.05, 3.63) is 71.3 Å². The normalized spacial score (nSPS) is 12.3. The summed E-state index contributed by atoms with van der Waals surface area (Å²) in [5, 5.41) is 2.06. The molecular formula is C28H34N2O5S. The lowest BCUT2D eigenvalue weighted by Crippen LogP contribution is -2.39. The minimum absolute atomic E-state index is 0.0800. The number of aromatic amines is 1. The molecule has 3 aromatic carbocycles. The van der Waals surface area contributed by atoms with E-state index in [-0.39, 0.29) is 18.0 Å². The number of aromatic nitrogens is 1. The van der Waals surface area contributed by atoms with Crippen molar-refractivity contribution in [2.75, 3.05) is 26.9 Å². The van der Waals surface area contributed by atoms with Crippen molar-refractivity contribution in [1.82, 2.24) is 9.29 Å². The SMILES string of the molecule is CCOC(CN(Cc1cc(C)c2[nH]c3ccc(OC)cc3c2c1)S(=O)(=O)c1ccc(C)cc1)OCC. The van der Waals surface area contributed by atoms with Crippen LogP contribution in [-0.4, -0.2) is 50.9 Å². The van der Waals surface area contributed by atoms with Gasteiger partial charge in [0.25, 0.3) is 0 Å². The zero-order valence-corrected chi connectivity index (χ0v) is 22.3. The van der Waals surface area contributed by atoms with E-state index in [1.54, 1.807) is 19.2 Å². The number of rotatable bonds is 11. The number of ether oxygens (including phenoxy) is 3. The van der Waals surface area contributed by atoms with E-state index < -0.39 is 16.3 Å². The maximum absolute atomic E-state index is 13.8. The van der Waals surface area contributed by atoms with Crippen LogP contribution in [0.4, 0.5) is 0 Å². The van der Waals surface area contributed by atoms with Gasteiger partial charge in [-0.05, 0) is 75.2 Å². The molecule has 0 aliphatic carbocycles. The third kappa shape index (κ3) is 5.42. The van der Waals surface area contributed by atoms with Gasteiger partial charge in [-0.15, -0.1) is 0 Å². The van der Waals surface area contributed by atoms with Gasteiger partial charge in [-0.25, -0.2) is 8.42 Å². The fourth-order valence-corrected chi connectivity index (χ4v) is 5.87. The minimum Gasteiger partial charge on any atom is -0.497 e. The van der Waals surface area contributed by atoms with Crippen molar-refractivity contribution < 1.29 is 22.6 Å². The van der Waals surface area contributed by atoms with Crippen molar-refractivity contribution in [3.63, 3.8) is 0 Å². The van der Waals surface area contributed by atoms with Gasteiger partial charge in [0.2, 0.25) is 10.0 Å². The lowest BCUT2D eigenvalue weighted by Gasteiger charge is -2.27. The van der Waals surface area contributed by atoms with Crippen LogP contribution in [0.1, 0.15) is 30.5 Å². The van der Waals surface area contributed by atoms with E-state index >= 15 is 0 Å². The molecule has 0 atom stereocenters. The molecule has 0 aliphatic heterocycles. The monoisotopic (exact) mass is 510 g/mol. The maximum Gasteiger partial charge on any atom is 0.243 e. The Balaban J connectivity index is 1.78. The predicted octanol–water partition coefficient (Wildman–Crippen LogP) is 5.54. The molecule has 4 rings (SSSR count). The van der Waals surface area contributed by atoms with E-state index in [0.717, 1.165) is 44.2 Å². The van der Waals surface area contributed by atoms with Gasteiger partial charge in [0.15, 0.2) is 6.29 Å². The van der Waals surface area contributed by atoms with E-state index in [9.17, 15) is 8.42 Å². The number of H-pyrrole nitrogens is 1. The van der Waals surface area contributed by atoms with E-state index in [2.05, 4.69) is 11.1 Å². The van der Waals surface area contributed by atoms with Crippen molar-refractivity contribution in [2.24, 2.45) is 0 Å². The van der Waals surface area contributed by atoms with Crippen molar-refractivity contribution in [2.45, 2.75) is 45.4 Å². The number of methoxy groups -OCH3 is 1. The summed E-state index contributed by atoms with van der Waals surface area (Å²) in [6.45, 7) is 8.80. The van der Waals surface area contributed by atoms with Crippen molar-refractivity contribution in [1.29, 1.82) is 0 Å². The standard InChI is InChI=1S/C28H34N2O5S/c1-6-34-27(35-7-2)18-30(36(31,32)23-11-8-19(3)9-12-23)17-21-14-20(4)28-25(15-21)24-16-22(33-5)10-13-26(24)29-28/h8-16,27,29H,6-7,17-18H2,1-5H3.